The Kier molecular flexibility index (Phi) is 5.64. The number of amides is 1. The molecule has 0 aliphatic carbocycles. The molecule has 0 saturated carbocycles. The highest BCUT2D eigenvalue weighted by molar-refractivity contribution is 7.12. The van der Waals surface area contributed by atoms with E-state index in [-0.39, 0.29) is 5.91 Å². The minimum absolute atomic E-state index is 0.0994. The molecule has 0 aliphatic rings. The number of halogens is 1. The van der Waals surface area contributed by atoms with Gasteiger partial charge in [-0.25, -0.2) is 0 Å². The molecule has 0 aliphatic heterocycles. The van der Waals surface area contributed by atoms with E-state index in [1.165, 1.54) is 11.3 Å². The number of aryl methyl sites for hydroxylation is 2. The highest BCUT2D eigenvalue weighted by atomic mass is 35.5. The lowest BCUT2D eigenvalue weighted by molar-refractivity contribution is 0.103. The van der Waals surface area contributed by atoms with Gasteiger partial charge < -0.3 is 10.1 Å². The number of rotatable bonds is 5. The van der Waals surface area contributed by atoms with Gasteiger partial charge in [-0.15, -0.1) is 11.3 Å². The maximum Gasteiger partial charge on any atom is 0.265 e. The van der Waals surface area contributed by atoms with E-state index in [4.69, 9.17) is 16.3 Å². The summed E-state index contributed by atoms with van der Waals surface area (Å²) in [5.41, 5.74) is 5.04. The molecular formula is C21H20ClNO2S. The van der Waals surface area contributed by atoms with E-state index in [9.17, 15) is 4.79 Å². The molecule has 1 aromatic heterocycles. The molecule has 2 aromatic carbocycles. The molecule has 3 rings (SSSR count). The summed E-state index contributed by atoms with van der Waals surface area (Å²) in [4.78, 5) is 13.2. The summed E-state index contributed by atoms with van der Waals surface area (Å²) >= 11 is 7.38. The normalized spacial score (nSPS) is 10.6. The Morgan fingerprint density at radius 2 is 1.92 bits per heavy atom. The van der Waals surface area contributed by atoms with E-state index in [0.717, 1.165) is 33.7 Å². The monoisotopic (exact) mass is 385 g/mol. The molecule has 0 bridgehead atoms. The third kappa shape index (κ3) is 4.26. The third-order valence-electron chi connectivity index (χ3n) is 4.26. The van der Waals surface area contributed by atoms with Crippen molar-refractivity contribution in [2.45, 2.75) is 27.4 Å². The van der Waals surface area contributed by atoms with E-state index < -0.39 is 0 Å². The lowest BCUT2D eigenvalue weighted by Crippen LogP contribution is -2.11. The summed E-state index contributed by atoms with van der Waals surface area (Å²) < 4.78 is 5.84. The van der Waals surface area contributed by atoms with Crippen LogP contribution >= 0.6 is 22.9 Å². The average Bonchev–Trinajstić information content (AvgIpc) is 3.07. The van der Waals surface area contributed by atoms with Gasteiger partial charge in [0.2, 0.25) is 0 Å². The highest BCUT2D eigenvalue weighted by Crippen LogP contribution is 2.25. The van der Waals surface area contributed by atoms with Gasteiger partial charge >= 0.3 is 0 Å². The Bertz CT molecular complexity index is 949. The fourth-order valence-corrected chi connectivity index (χ4v) is 3.60. The Balaban J connectivity index is 1.65. The van der Waals surface area contributed by atoms with Crippen LogP contribution in [0, 0.1) is 20.8 Å². The van der Waals surface area contributed by atoms with Crippen LogP contribution in [0.5, 0.6) is 5.75 Å². The molecule has 1 heterocycles. The Hall–Kier alpha value is -2.30. The van der Waals surface area contributed by atoms with Gasteiger partial charge in [0.1, 0.15) is 12.4 Å². The molecule has 0 unspecified atom stereocenters. The molecule has 0 saturated heterocycles. The number of carbonyl (C=O) groups is 1. The van der Waals surface area contributed by atoms with E-state index in [2.05, 4.69) is 5.32 Å². The van der Waals surface area contributed by atoms with Crippen LogP contribution in [0.25, 0.3) is 0 Å². The number of benzene rings is 2. The molecular weight excluding hydrogens is 366 g/mol. The lowest BCUT2D eigenvalue weighted by Gasteiger charge is -2.09. The summed E-state index contributed by atoms with van der Waals surface area (Å²) in [6, 6.07) is 13.3. The second kappa shape index (κ2) is 7.94. The van der Waals surface area contributed by atoms with Crippen molar-refractivity contribution in [2.75, 3.05) is 5.32 Å². The van der Waals surface area contributed by atoms with Crippen LogP contribution in [0.4, 0.5) is 5.69 Å². The van der Waals surface area contributed by atoms with E-state index in [0.29, 0.717) is 16.5 Å². The van der Waals surface area contributed by atoms with Crippen LogP contribution in [-0.2, 0) is 6.61 Å². The van der Waals surface area contributed by atoms with Crippen molar-refractivity contribution in [3.05, 3.63) is 80.0 Å². The van der Waals surface area contributed by atoms with Crippen LogP contribution in [0.15, 0.2) is 47.8 Å². The molecule has 1 amide bonds. The van der Waals surface area contributed by atoms with Crippen LogP contribution in [0.3, 0.4) is 0 Å². The maximum atomic E-state index is 12.5. The predicted molar refractivity (Wildman–Crippen MR) is 109 cm³/mol. The van der Waals surface area contributed by atoms with Gasteiger partial charge in [0, 0.05) is 16.3 Å². The van der Waals surface area contributed by atoms with Crippen molar-refractivity contribution in [3.63, 3.8) is 0 Å². The second-order valence-corrected chi connectivity index (χ2v) is 7.57. The molecule has 0 radical (unpaired) electrons. The number of hydrogen-bond donors (Lipinski definition) is 1. The van der Waals surface area contributed by atoms with Crippen molar-refractivity contribution >= 4 is 34.5 Å². The number of carbonyl (C=O) groups excluding carboxylic acids is 1. The minimum atomic E-state index is -0.0994. The zero-order valence-corrected chi connectivity index (χ0v) is 16.5. The smallest absolute Gasteiger partial charge is 0.265 e. The summed E-state index contributed by atoms with van der Waals surface area (Å²) in [5.74, 6) is 0.694. The van der Waals surface area contributed by atoms with Crippen LogP contribution in [0.2, 0.25) is 5.02 Å². The first-order valence-corrected chi connectivity index (χ1v) is 9.53. The first-order chi connectivity index (χ1) is 12.4. The van der Waals surface area contributed by atoms with Crippen molar-refractivity contribution in [1.29, 1.82) is 0 Å². The predicted octanol–water partition coefficient (Wildman–Crippen LogP) is 6.16. The quantitative estimate of drug-likeness (QED) is 0.571. The molecule has 3 aromatic rings. The molecule has 5 heteroatoms. The summed E-state index contributed by atoms with van der Waals surface area (Å²) in [5, 5.41) is 5.62. The fourth-order valence-electron chi connectivity index (χ4n) is 2.58. The van der Waals surface area contributed by atoms with Gasteiger partial charge in [-0.05, 0) is 73.2 Å². The van der Waals surface area contributed by atoms with E-state index in [1.54, 1.807) is 6.07 Å². The first-order valence-electron chi connectivity index (χ1n) is 8.28. The second-order valence-electron chi connectivity index (χ2n) is 6.22. The maximum absolute atomic E-state index is 12.5. The fraction of sp³-hybridized carbons (Fsp3) is 0.190. The van der Waals surface area contributed by atoms with Gasteiger partial charge in [-0.3, -0.25) is 4.79 Å². The molecule has 0 fully saturated rings. The summed E-state index contributed by atoms with van der Waals surface area (Å²) in [7, 11) is 0. The van der Waals surface area contributed by atoms with E-state index >= 15 is 0 Å². The van der Waals surface area contributed by atoms with Crippen molar-refractivity contribution in [2.24, 2.45) is 0 Å². The number of hydrogen-bond acceptors (Lipinski definition) is 3. The van der Waals surface area contributed by atoms with Crippen LogP contribution in [0.1, 0.15) is 31.9 Å². The zero-order chi connectivity index (χ0) is 18.7. The van der Waals surface area contributed by atoms with Gasteiger partial charge in [-0.2, -0.15) is 0 Å². The SMILES string of the molecule is Cc1cc(Cl)ccc1OCc1csc(C(=O)Nc2cccc(C)c2C)c1. The molecule has 26 heavy (non-hydrogen) atoms. The molecule has 3 nitrogen and oxygen atoms in total. The van der Waals surface area contributed by atoms with E-state index in [1.807, 2.05) is 62.5 Å². The van der Waals surface area contributed by atoms with Crippen LogP contribution in [-0.4, -0.2) is 5.91 Å². The zero-order valence-electron chi connectivity index (χ0n) is 14.9. The number of thiophene rings is 1. The van der Waals surface area contributed by atoms with Crippen molar-refractivity contribution in [1.82, 2.24) is 0 Å². The summed E-state index contributed by atoms with van der Waals surface area (Å²) in [6.45, 7) is 6.41. The molecule has 0 spiro atoms. The Labute approximate surface area is 162 Å². The van der Waals surface area contributed by atoms with Gasteiger partial charge in [0.25, 0.3) is 5.91 Å². The molecule has 0 atom stereocenters. The summed E-state index contributed by atoms with van der Waals surface area (Å²) in [6.07, 6.45) is 0. The minimum Gasteiger partial charge on any atom is -0.489 e. The van der Waals surface area contributed by atoms with Crippen LogP contribution < -0.4 is 10.1 Å². The largest absolute Gasteiger partial charge is 0.489 e. The third-order valence-corrected chi connectivity index (χ3v) is 5.47. The Morgan fingerprint density at radius 3 is 2.69 bits per heavy atom. The topological polar surface area (TPSA) is 38.3 Å². The van der Waals surface area contributed by atoms with Gasteiger partial charge in [0.15, 0.2) is 0 Å². The van der Waals surface area contributed by atoms with Crippen molar-refractivity contribution in [3.8, 4) is 5.75 Å². The standard InChI is InChI=1S/C21H20ClNO2S/c1-13-5-4-6-18(15(13)3)23-21(24)20-10-16(12-26-20)11-25-19-8-7-17(22)9-14(19)2/h4-10,12H,11H2,1-3H3,(H,23,24). The highest BCUT2D eigenvalue weighted by Gasteiger charge is 2.12. The number of ether oxygens (including phenoxy) is 1. The van der Waals surface area contributed by atoms with Gasteiger partial charge in [0.05, 0.1) is 4.88 Å². The number of nitrogens with one attached hydrogen (secondary N) is 1. The average molecular weight is 386 g/mol. The van der Waals surface area contributed by atoms with Gasteiger partial charge in [-0.1, -0.05) is 23.7 Å². The first kappa shape index (κ1) is 18.5. The molecule has 1 N–H and O–H groups in total. The van der Waals surface area contributed by atoms with Crippen molar-refractivity contribution < 1.29 is 9.53 Å². The Morgan fingerprint density at radius 1 is 1.12 bits per heavy atom. The molecule has 134 valence electrons. The lowest BCUT2D eigenvalue weighted by atomic mass is 10.1. The number of anilines is 1.